The Morgan fingerprint density at radius 1 is 0.865 bits per heavy atom. The van der Waals surface area contributed by atoms with E-state index in [1.165, 1.54) is 32.1 Å². The summed E-state index contributed by atoms with van der Waals surface area (Å²) >= 11 is 0. The standard InChI is InChI=1S/C30H34N6O2.2C2HF3O2/c31-19-26-25(18-27(34-30(26)32)24-11-4-5-12-28(24)37)21-7-6-8-22(17-21)33-29(38)20-35-13-15-36(16-14-35)23-9-2-1-3-10-23;2*3-2(4,5)1(6)7/h4-8,11-12,17-18,23,37H,1-3,9-10,13-16,20H2,(H2,32,34)(H,33,38);2*(H,6,7). The van der Waals surface area contributed by atoms with E-state index in [2.05, 4.69) is 26.2 Å². The van der Waals surface area contributed by atoms with Gasteiger partial charge in [-0.1, -0.05) is 43.5 Å². The molecular formula is C34H36F6N6O6. The van der Waals surface area contributed by atoms with E-state index < -0.39 is 24.3 Å². The van der Waals surface area contributed by atoms with Crippen LogP contribution in [0.4, 0.5) is 37.8 Å². The van der Waals surface area contributed by atoms with Crippen LogP contribution >= 0.6 is 0 Å². The number of nitrogens with one attached hydrogen (secondary N) is 1. The number of carbonyl (C=O) groups excluding carboxylic acids is 1. The molecule has 1 amide bonds. The number of nitrogen functional groups attached to an aromatic ring is 1. The summed E-state index contributed by atoms with van der Waals surface area (Å²) in [6, 6.07) is 18.9. The third kappa shape index (κ3) is 12.1. The summed E-state index contributed by atoms with van der Waals surface area (Å²) in [7, 11) is 0. The van der Waals surface area contributed by atoms with E-state index >= 15 is 0 Å². The van der Waals surface area contributed by atoms with Gasteiger partial charge in [-0.3, -0.25) is 14.6 Å². The number of aromatic nitrogens is 1. The van der Waals surface area contributed by atoms with E-state index in [-0.39, 0.29) is 23.0 Å². The van der Waals surface area contributed by atoms with Crippen LogP contribution in [0.1, 0.15) is 37.7 Å². The Hall–Kier alpha value is -5.41. The first-order valence-corrected chi connectivity index (χ1v) is 15.9. The molecule has 0 spiro atoms. The Kier molecular flexibility index (Phi) is 14.3. The number of carbonyl (C=O) groups is 3. The van der Waals surface area contributed by atoms with Crippen molar-refractivity contribution in [2.75, 3.05) is 43.8 Å². The van der Waals surface area contributed by atoms with Crippen molar-refractivity contribution in [3.63, 3.8) is 0 Å². The summed E-state index contributed by atoms with van der Waals surface area (Å²) in [4.78, 5) is 39.9. The van der Waals surface area contributed by atoms with Crippen LogP contribution < -0.4 is 11.1 Å². The van der Waals surface area contributed by atoms with E-state index in [0.717, 1.165) is 37.8 Å². The summed E-state index contributed by atoms with van der Waals surface area (Å²) in [6.07, 6.45) is -3.51. The van der Waals surface area contributed by atoms with Crippen molar-refractivity contribution in [3.8, 4) is 34.2 Å². The number of aliphatic carboxylic acids is 2. The summed E-state index contributed by atoms with van der Waals surface area (Å²) in [5, 5.41) is 37.3. The maximum atomic E-state index is 12.9. The van der Waals surface area contributed by atoms with Crippen LogP contribution in [0.5, 0.6) is 5.75 Å². The van der Waals surface area contributed by atoms with Crippen LogP contribution in [-0.4, -0.2) is 99.1 Å². The number of phenolic OH excluding ortho intramolecular Hbond substituents is 1. The average Bonchev–Trinajstić information content (AvgIpc) is 3.08. The van der Waals surface area contributed by atoms with Gasteiger partial charge < -0.3 is 26.4 Å². The van der Waals surface area contributed by atoms with E-state index in [4.69, 9.17) is 25.5 Å². The molecule has 1 saturated carbocycles. The molecule has 5 rings (SSSR count). The monoisotopic (exact) mass is 738 g/mol. The number of piperazine rings is 1. The van der Waals surface area contributed by atoms with Gasteiger partial charge in [-0.25, -0.2) is 14.6 Å². The number of rotatable bonds is 6. The number of pyridine rings is 1. The highest BCUT2D eigenvalue weighted by molar-refractivity contribution is 5.93. The van der Waals surface area contributed by atoms with Crippen molar-refractivity contribution in [2.24, 2.45) is 0 Å². The Morgan fingerprint density at radius 2 is 1.44 bits per heavy atom. The lowest BCUT2D eigenvalue weighted by Gasteiger charge is -2.40. The van der Waals surface area contributed by atoms with Gasteiger partial charge in [0.1, 0.15) is 23.2 Å². The molecular weight excluding hydrogens is 702 g/mol. The number of para-hydroxylation sites is 1. The van der Waals surface area contributed by atoms with Crippen molar-refractivity contribution in [1.82, 2.24) is 14.8 Å². The topological polar surface area (TPSA) is 193 Å². The van der Waals surface area contributed by atoms with Crippen LogP contribution in [0.15, 0.2) is 54.6 Å². The Morgan fingerprint density at radius 3 is 1.98 bits per heavy atom. The molecule has 52 heavy (non-hydrogen) atoms. The highest BCUT2D eigenvalue weighted by Crippen LogP contribution is 2.35. The second-order valence-corrected chi connectivity index (χ2v) is 11.8. The van der Waals surface area contributed by atoms with Gasteiger partial charge in [0, 0.05) is 49.0 Å². The van der Waals surface area contributed by atoms with Gasteiger partial charge in [0.15, 0.2) is 0 Å². The fourth-order valence-electron chi connectivity index (χ4n) is 5.64. The van der Waals surface area contributed by atoms with Crippen molar-refractivity contribution < 1.29 is 56.0 Å². The molecule has 12 nitrogen and oxygen atoms in total. The smallest absolute Gasteiger partial charge is 0.490 e. The van der Waals surface area contributed by atoms with Crippen LogP contribution in [0, 0.1) is 11.3 Å². The molecule has 2 aliphatic rings. The fraction of sp³-hybridized carbons (Fsp3) is 0.382. The fourth-order valence-corrected chi connectivity index (χ4v) is 5.64. The maximum absolute atomic E-state index is 12.9. The number of nitrogens with two attached hydrogens (primary N) is 1. The lowest BCUT2D eigenvalue weighted by atomic mass is 9.94. The molecule has 18 heteroatoms. The highest BCUT2D eigenvalue weighted by Gasteiger charge is 2.39. The highest BCUT2D eigenvalue weighted by atomic mass is 19.4. The molecule has 2 aromatic carbocycles. The van der Waals surface area contributed by atoms with Gasteiger partial charge >= 0.3 is 24.3 Å². The van der Waals surface area contributed by atoms with Crippen LogP contribution in [0.2, 0.25) is 0 Å². The molecule has 0 atom stereocenters. The van der Waals surface area contributed by atoms with E-state index in [9.17, 15) is 41.5 Å². The number of carboxylic acids is 2. The van der Waals surface area contributed by atoms with Crippen molar-refractivity contribution >= 4 is 29.4 Å². The number of hydrogen-bond donors (Lipinski definition) is 5. The van der Waals surface area contributed by atoms with Crippen molar-refractivity contribution in [3.05, 3.63) is 60.2 Å². The molecule has 280 valence electrons. The number of amides is 1. The SMILES string of the molecule is N#Cc1c(-c2cccc(NC(=O)CN3CCN(C4CCCCC4)CC3)c2)cc(-c2ccccc2O)nc1N.O=C(O)C(F)(F)F.O=C(O)C(F)(F)F. The van der Waals surface area contributed by atoms with Crippen molar-refractivity contribution in [1.29, 1.82) is 5.26 Å². The molecule has 1 aliphatic heterocycles. The maximum Gasteiger partial charge on any atom is 0.490 e. The van der Waals surface area contributed by atoms with Gasteiger partial charge in [-0.15, -0.1) is 0 Å². The Labute approximate surface area is 294 Å². The van der Waals surface area contributed by atoms with E-state index in [1.54, 1.807) is 30.3 Å². The predicted octanol–water partition coefficient (Wildman–Crippen LogP) is 5.73. The number of nitriles is 1. The number of halogens is 6. The van der Waals surface area contributed by atoms with E-state index in [1.807, 2.05) is 24.3 Å². The number of aromatic hydroxyl groups is 1. The van der Waals surface area contributed by atoms with Gasteiger partial charge in [0.25, 0.3) is 0 Å². The molecule has 1 aliphatic carbocycles. The van der Waals surface area contributed by atoms with Crippen LogP contribution in [0.3, 0.4) is 0 Å². The minimum absolute atomic E-state index is 0.0575. The zero-order valence-electron chi connectivity index (χ0n) is 27.5. The minimum Gasteiger partial charge on any atom is -0.507 e. The molecule has 2 heterocycles. The third-order valence-electron chi connectivity index (χ3n) is 8.15. The molecule has 1 saturated heterocycles. The minimum atomic E-state index is -5.08. The number of anilines is 2. The molecule has 6 N–H and O–H groups in total. The number of hydrogen-bond acceptors (Lipinski definition) is 9. The summed E-state index contributed by atoms with van der Waals surface area (Å²) in [6.45, 7) is 4.20. The lowest BCUT2D eigenvalue weighted by molar-refractivity contribution is -0.193. The van der Waals surface area contributed by atoms with Gasteiger partial charge in [0.05, 0.1) is 12.2 Å². The quantitative estimate of drug-likeness (QED) is 0.194. The molecule has 0 bridgehead atoms. The largest absolute Gasteiger partial charge is 0.507 e. The first kappa shape index (κ1) is 41.0. The average molecular weight is 739 g/mol. The number of alkyl halides is 6. The number of benzene rings is 2. The Bertz CT molecular complexity index is 1730. The second kappa shape index (κ2) is 18.2. The zero-order valence-corrected chi connectivity index (χ0v) is 27.5. The zero-order chi connectivity index (χ0) is 38.6. The molecule has 1 aromatic heterocycles. The second-order valence-electron chi connectivity index (χ2n) is 11.8. The normalized spacial score (nSPS) is 15.6. The van der Waals surface area contributed by atoms with Crippen LogP contribution in [0.25, 0.3) is 22.4 Å². The number of phenols is 1. The molecule has 3 aromatic rings. The first-order chi connectivity index (χ1) is 24.4. The van der Waals surface area contributed by atoms with Gasteiger partial charge in [-0.2, -0.15) is 31.6 Å². The van der Waals surface area contributed by atoms with Gasteiger partial charge in [-0.05, 0) is 48.7 Å². The van der Waals surface area contributed by atoms with Gasteiger partial charge in [0.2, 0.25) is 5.91 Å². The predicted molar refractivity (Wildman–Crippen MR) is 177 cm³/mol. The number of carboxylic acid groups (broad SMARTS) is 2. The number of nitrogens with zero attached hydrogens (tertiary/aromatic N) is 4. The summed E-state index contributed by atoms with van der Waals surface area (Å²) in [5.74, 6) is -5.40. The first-order valence-electron chi connectivity index (χ1n) is 15.9. The summed E-state index contributed by atoms with van der Waals surface area (Å²) in [5.41, 5.74) is 9.36. The van der Waals surface area contributed by atoms with Crippen LogP contribution in [-0.2, 0) is 14.4 Å². The Balaban J connectivity index is 0.000000441. The lowest BCUT2D eigenvalue weighted by Crippen LogP contribution is -2.52. The molecule has 2 fully saturated rings. The molecule has 0 radical (unpaired) electrons. The third-order valence-corrected chi connectivity index (χ3v) is 8.15. The summed E-state index contributed by atoms with van der Waals surface area (Å²) < 4.78 is 63.5. The molecule has 0 unspecified atom stereocenters. The van der Waals surface area contributed by atoms with E-state index in [0.29, 0.717) is 29.1 Å². The van der Waals surface area contributed by atoms with Crippen molar-refractivity contribution in [2.45, 2.75) is 50.5 Å².